The molecule has 2 aromatic carbocycles. The third-order valence-electron chi connectivity index (χ3n) is 7.53. The largest absolute Gasteiger partial charge is 0.496 e. The summed E-state index contributed by atoms with van der Waals surface area (Å²) in [5.41, 5.74) is -1.14. The summed E-state index contributed by atoms with van der Waals surface area (Å²) in [5, 5.41) is 2.80. The van der Waals surface area contributed by atoms with Gasteiger partial charge in [0, 0.05) is 17.9 Å². The Kier molecular flexibility index (Phi) is 6.44. The quantitative estimate of drug-likeness (QED) is 0.520. The van der Waals surface area contributed by atoms with E-state index in [0.29, 0.717) is 31.7 Å². The van der Waals surface area contributed by atoms with E-state index in [1.54, 1.807) is 0 Å². The fourth-order valence-corrected chi connectivity index (χ4v) is 5.94. The van der Waals surface area contributed by atoms with E-state index in [1.165, 1.54) is 30.2 Å². The van der Waals surface area contributed by atoms with Gasteiger partial charge in [0.15, 0.2) is 9.84 Å². The number of carbonyl (C=O) groups excluding carboxylic acids is 2. The Labute approximate surface area is 217 Å². The van der Waals surface area contributed by atoms with Crippen LogP contribution in [0.15, 0.2) is 41.3 Å². The molecule has 0 spiro atoms. The summed E-state index contributed by atoms with van der Waals surface area (Å²) in [6.07, 6.45) is -1.24. The maximum absolute atomic E-state index is 14.8. The molecule has 38 heavy (non-hydrogen) atoms. The number of halogens is 4. The Balaban J connectivity index is 1.41. The van der Waals surface area contributed by atoms with Gasteiger partial charge in [-0.1, -0.05) is 6.07 Å². The van der Waals surface area contributed by atoms with Crippen LogP contribution in [0.2, 0.25) is 0 Å². The molecule has 0 radical (unpaired) electrons. The molecule has 0 bridgehead atoms. The normalized spacial score (nSPS) is 23.5. The van der Waals surface area contributed by atoms with Crippen LogP contribution < -0.4 is 10.1 Å². The van der Waals surface area contributed by atoms with Gasteiger partial charge >= 0.3 is 6.18 Å². The van der Waals surface area contributed by atoms with Gasteiger partial charge in [-0.2, -0.15) is 13.2 Å². The number of nitrogens with zero attached hydrogens (tertiary/aromatic N) is 1. The second-order valence-corrected chi connectivity index (χ2v) is 12.2. The van der Waals surface area contributed by atoms with Crippen molar-refractivity contribution in [1.82, 2.24) is 10.2 Å². The fourth-order valence-electron chi connectivity index (χ4n) is 5.29. The molecule has 5 rings (SSSR count). The standard InChI is InChI=1S/C26H26F4N2O5S/c1-37-22-8-6-16(38(2,35)36)12-18(22)25(34)32-20-9-14(20)10-21(32)24(33)31-23(13-3-4-13)17-7-5-15(11-19(17)27)26(28,29)30/h5-8,11-14,20-21,23H,3-4,9-10H2,1-2H3,(H,31,33)/t14-,20-,21-,23-/m1/s1. The van der Waals surface area contributed by atoms with Gasteiger partial charge in [-0.3, -0.25) is 9.59 Å². The number of benzene rings is 2. The summed E-state index contributed by atoms with van der Waals surface area (Å²) in [7, 11) is -2.27. The van der Waals surface area contributed by atoms with Crippen molar-refractivity contribution in [2.45, 2.75) is 54.9 Å². The minimum atomic E-state index is -4.70. The SMILES string of the molecule is COc1ccc(S(C)(=O)=O)cc1C(=O)N1[C@@H](C(=O)N[C@@H](c2ccc(C(F)(F)F)cc2F)C2CC2)C[C@H]2C[C@H]21. The van der Waals surface area contributed by atoms with Crippen LogP contribution in [-0.2, 0) is 20.8 Å². The number of amides is 2. The predicted molar refractivity (Wildman–Crippen MR) is 128 cm³/mol. The molecular formula is C26H26F4N2O5S. The topological polar surface area (TPSA) is 92.8 Å². The van der Waals surface area contributed by atoms with Gasteiger partial charge in [-0.05, 0) is 67.9 Å². The van der Waals surface area contributed by atoms with Crippen LogP contribution in [0.1, 0.15) is 53.2 Å². The molecule has 12 heteroatoms. The van der Waals surface area contributed by atoms with Crippen LogP contribution in [-0.4, -0.2) is 50.6 Å². The molecule has 1 aliphatic heterocycles. The van der Waals surface area contributed by atoms with E-state index in [1.807, 2.05) is 0 Å². The number of sulfone groups is 1. The first kappa shape index (κ1) is 26.5. The number of ether oxygens (including phenoxy) is 1. The van der Waals surface area contributed by atoms with E-state index in [9.17, 15) is 35.6 Å². The number of nitrogens with one attached hydrogen (secondary N) is 1. The molecular weight excluding hydrogens is 528 g/mol. The molecule has 2 saturated carbocycles. The van der Waals surface area contributed by atoms with Crippen molar-refractivity contribution in [3.05, 3.63) is 58.9 Å². The molecule has 3 fully saturated rings. The summed E-state index contributed by atoms with van der Waals surface area (Å²) in [4.78, 5) is 28.5. The lowest BCUT2D eigenvalue weighted by Gasteiger charge is -2.30. The summed E-state index contributed by atoms with van der Waals surface area (Å²) >= 11 is 0. The van der Waals surface area contributed by atoms with Gasteiger partial charge in [0.1, 0.15) is 17.6 Å². The van der Waals surface area contributed by atoms with Crippen molar-refractivity contribution in [2.75, 3.05) is 13.4 Å². The zero-order valence-electron chi connectivity index (χ0n) is 20.6. The van der Waals surface area contributed by atoms with Gasteiger partial charge in [0.2, 0.25) is 5.91 Å². The highest BCUT2D eigenvalue weighted by molar-refractivity contribution is 7.90. The first-order valence-electron chi connectivity index (χ1n) is 12.2. The molecule has 0 unspecified atom stereocenters. The maximum Gasteiger partial charge on any atom is 0.416 e. The second kappa shape index (κ2) is 9.25. The van der Waals surface area contributed by atoms with Crippen molar-refractivity contribution in [3.63, 3.8) is 0 Å². The third-order valence-corrected chi connectivity index (χ3v) is 8.64. The third kappa shape index (κ3) is 4.97. The molecule has 2 aromatic rings. The van der Waals surface area contributed by atoms with Crippen molar-refractivity contribution < 1.29 is 40.3 Å². The number of alkyl halides is 3. The van der Waals surface area contributed by atoms with E-state index >= 15 is 0 Å². The first-order chi connectivity index (χ1) is 17.8. The van der Waals surface area contributed by atoms with E-state index in [0.717, 1.165) is 18.4 Å². The zero-order chi connectivity index (χ0) is 27.6. The van der Waals surface area contributed by atoms with Gasteiger partial charge in [-0.25, -0.2) is 12.8 Å². The van der Waals surface area contributed by atoms with E-state index in [2.05, 4.69) is 5.32 Å². The lowest BCUT2D eigenvalue weighted by Crippen LogP contribution is -2.49. The Morgan fingerprint density at radius 3 is 2.39 bits per heavy atom. The van der Waals surface area contributed by atoms with Crippen LogP contribution in [0.25, 0.3) is 0 Å². The molecule has 1 heterocycles. The number of rotatable bonds is 7. The highest BCUT2D eigenvalue weighted by Gasteiger charge is 2.57. The lowest BCUT2D eigenvalue weighted by molar-refractivity contribution is -0.137. The second-order valence-electron chi connectivity index (χ2n) is 10.2. The first-order valence-corrected chi connectivity index (χ1v) is 14.1. The number of hydrogen-bond donors (Lipinski definition) is 1. The van der Waals surface area contributed by atoms with Crippen molar-refractivity contribution in [1.29, 1.82) is 0 Å². The fraction of sp³-hybridized carbons (Fsp3) is 0.462. The van der Waals surface area contributed by atoms with Crippen LogP contribution in [0.5, 0.6) is 5.75 Å². The molecule has 2 aliphatic carbocycles. The monoisotopic (exact) mass is 554 g/mol. The van der Waals surface area contributed by atoms with Gasteiger partial charge < -0.3 is 15.0 Å². The van der Waals surface area contributed by atoms with Crippen LogP contribution in [0, 0.1) is 17.7 Å². The minimum Gasteiger partial charge on any atom is -0.496 e. The lowest BCUT2D eigenvalue weighted by atomic mass is 9.99. The zero-order valence-corrected chi connectivity index (χ0v) is 21.4. The Hall–Kier alpha value is -3.15. The highest BCUT2D eigenvalue weighted by Crippen LogP contribution is 2.49. The number of hydrogen-bond acceptors (Lipinski definition) is 5. The Bertz CT molecular complexity index is 1410. The van der Waals surface area contributed by atoms with E-state index in [4.69, 9.17) is 4.74 Å². The average molecular weight is 555 g/mol. The number of methoxy groups -OCH3 is 1. The molecule has 7 nitrogen and oxygen atoms in total. The molecule has 2 amide bonds. The summed E-state index contributed by atoms with van der Waals surface area (Å²) in [6, 6.07) is 4.29. The average Bonchev–Trinajstić information content (AvgIpc) is 3.78. The Morgan fingerprint density at radius 1 is 1.11 bits per heavy atom. The molecule has 4 atom stereocenters. The summed E-state index contributed by atoms with van der Waals surface area (Å²) in [5.74, 6) is -2.01. The minimum absolute atomic E-state index is 0.00769. The van der Waals surface area contributed by atoms with Crippen LogP contribution in [0.4, 0.5) is 17.6 Å². The van der Waals surface area contributed by atoms with E-state index < -0.39 is 51.3 Å². The van der Waals surface area contributed by atoms with Crippen LogP contribution >= 0.6 is 0 Å². The van der Waals surface area contributed by atoms with Crippen molar-refractivity contribution >= 4 is 21.7 Å². The summed E-state index contributed by atoms with van der Waals surface area (Å²) in [6.45, 7) is 0. The Morgan fingerprint density at radius 2 is 1.82 bits per heavy atom. The number of likely N-dealkylation sites (tertiary alicyclic amines) is 1. The molecule has 204 valence electrons. The van der Waals surface area contributed by atoms with Gasteiger partial charge in [-0.15, -0.1) is 0 Å². The van der Waals surface area contributed by atoms with Gasteiger partial charge in [0.25, 0.3) is 5.91 Å². The molecule has 0 aromatic heterocycles. The number of carbonyl (C=O) groups is 2. The molecule has 1 N–H and O–H groups in total. The van der Waals surface area contributed by atoms with Crippen molar-refractivity contribution in [2.24, 2.45) is 11.8 Å². The van der Waals surface area contributed by atoms with E-state index in [-0.39, 0.29) is 39.6 Å². The maximum atomic E-state index is 14.8. The van der Waals surface area contributed by atoms with Gasteiger partial charge in [0.05, 0.1) is 29.2 Å². The summed E-state index contributed by atoms with van der Waals surface area (Å²) < 4.78 is 83.3. The molecule has 3 aliphatic rings. The van der Waals surface area contributed by atoms with Crippen LogP contribution in [0.3, 0.4) is 0 Å². The molecule has 1 saturated heterocycles. The van der Waals surface area contributed by atoms with Crippen molar-refractivity contribution in [3.8, 4) is 5.75 Å². The predicted octanol–water partition coefficient (Wildman–Crippen LogP) is 4.13. The number of fused-ring (bicyclic) bond motifs is 1. The smallest absolute Gasteiger partial charge is 0.416 e. The number of piperidine rings is 1. The highest BCUT2D eigenvalue weighted by atomic mass is 32.2.